The highest BCUT2D eigenvalue weighted by Crippen LogP contribution is 2.30. The maximum absolute atomic E-state index is 7.45. The van der Waals surface area contributed by atoms with Crippen LogP contribution in [0.15, 0.2) is 27.6 Å². The maximum Gasteiger partial charge on any atom is 0.174 e. The lowest BCUT2D eigenvalue weighted by Crippen LogP contribution is -2.14. The second-order valence-electron chi connectivity index (χ2n) is 3.20. The number of aryl methyl sites for hydroxylation is 1. The summed E-state index contributed by atoms with van der Waals surface area (Å²) >= 11 is 2.79. The van der Waals surface area contributed by atoms with E-state index in [0.29, 0.717) is 5.69 Å². The lowest BCUT2D eigenvalue weighted by molar-refractivity contribution is 0.971. The highest BCUT2D eigenvalue weighted by molar-refractivity contribution is 8.01. The number of hydrogen-bond acceptors (Lipinski definition) is 6. The first-order valence-corrected chi connectivity index (χ1v) is 6.59. The molecular weight excluding hydrogens is 254 g/mol. The maximum atomic E-state index is 7.45. The SMILES string of the molecule is CCc1nsc(Sc2cccnc2C(=N)N)n1. The van der Waals surface area contributed by atoms with Crippen LogP contribution in [-0.2, 0) is 6.42 Å². The van der Waals surface area contributed by atoms with Gasteiger partial charge in [0.15, 0.2) is 4.34 Å². The van der Waals surface area contributed by atoms with Gasteiger partial charge in [-0.1, -0.05) is 18.7 Å². The number of nitrogens with one attached hydrogen (secondary N) is 1. The zero-order chi connectivity index (χ0) is 12.3. The van der Waals surface area contributed by atoms with Crippen LogP contribution in [0, 0.1) is 5.41 Å². The van der Waals surface area contributed by atoms with Gasteiger partial charge in [-0.05, 0) is 23.7 Å². The van der Waals surface area contributed by atoms with Crippen molar-refractivity contribution in [1.29, 1.82) is 5.41 Å². The van der Waals surface area contributed by atoms with Crippen molar-refractivity contribution in [3.8, 4) is 0 Å². The number of nitrogens with zero attached hydrogens (tertiary/aromatic N) is 3. The highest BCUT2D eigenvalue weighted by atomic mass is 32.2. The normalized spacial score (nSPS) is 10.4. The molecule has 0 aliphatic heterocycles. The van der Waals surface area contributed by atoms with Crippen LogP contribution in [0.1, 0.15) is 18.4 Å². The molecule has 0 atom stereocenters. The molecule has 0 aliphatic carbocycles. The average molecular weight is 265 g/mol. The summed E-state index contributed by atoms with van der Waals surface area (Å²) in [7, 11) is 0. The van der Waals surface area contributed by atoms with Crippen molar-refractivity contribution in [3.63, 3.8) is 0 Å². The van der Waals surface area contributed by atoms with Crippen LogP contribution in [-0.4, -0.2) is 20.2 Å². The fourth-order valence-electron chi connectivity index (χ4n) is 1.19. The largest absolute Gasteiger partial charge is 0.382 e. The Morgan fingerprint density at radius 2 is 2.41 bits per heavy atom. The van der Waals surface area contributed by atoms with Gasteiger partial charge in [0.05, 0.1) is 0 Å². The first-order chi connectivity index (χ1) is 8.20. The Hall–Kier alpha value is -1.47. The first kappa shape index (κ1) is 12.0. The Labute approximate surface area is 107 Å². The van der Waals surface area contributed by atoms with Gasteiger partial charge in [0.25, 0.3) is 0 Å². The van der Waals surface area contributed by atoms with E-state index in [1.807, 2.05) is 19.1 Å². The Balaban J connectivity index is 2.26. The second kappa shape index (κ2) is 5.24. The van der Waals surface area contributed by atoms with Crippen LogP contribution >= 0.6 is 23.3 Å². The first-order valence-electron chi connectivity index (χ1n) is 5.00. The number of hydrogen-bond donors (Lipinski definition) is 2. The molecule has 2 heterocycles. The summed E-state index contributed by atoms with van der Waals surface area (Å²) in [6, 6.07) is 3.69. The van der Waals surface area contributed by atoms with Gasteiger partial charge < -0.3 is 5.73 Å². The number of aromatic nitrogens is 3. The minimum Gasteiger partial charge on any atom is -0.382 e. The molecule has 0 saturated heterocycles. The number of rotatable bonds is 4. The monoisotopic (exact) mass is 265 g/mol. The van der Waals surface area contributed by atoms with Crippen LogP contribution < -0.4 is 5.73 Å². The third-order valence-electron chi connectivity index (χ3n) is 1.99. The van der Waals surface area contributed by atoms with Crippen LogP contribution in [0.3, 0.4) is 0 Å². The molecule has 0 aliphatic rings. The molecule has 3 N–H and O–H groups in total. The van der Waals surface area contributed by atoms with Crippen LogP contribution in [0.2, 0.25) is 0 Å². The van der Waals surface area contributed by atoms with Gasteiger partial charge in [-0.15, -0.1) is 0 Å². The van der Waals surface area contributed by atoms with Crippen molar-refractivity contribution < 1.29 is 0 Å². The summed E-state index contributed by atoms with van der Waals surface area (Å²) in [6.45, 7) is 2.02. The van der Waals surface area contributed by atoms with E-state index in [2.05, 4.69) is 14.3 Å². The third kappa shape index (κ3) is 2.80. The Morgan fingerprint density at radius 3 is 3.06 bits per heavy atom. The number of pyridine rings is 1. The van der Waals surface area contributed by atoms with E-state index in [1.165, 1.54) is 23.3 Å². The molecule has 2 rings (SSSR count). The molecule has 2 aromatic heterocycles. The molecule has 0 unspecified atom stereocenters. The highest BCUT2D eigenvalue weighted by Gasteiger charge is 2.10. The summed E-state index contributed by atoms with van der Waals surface area (Å²) in [5.74, 6) is 0.805. The van der Waals surface area contributed by atoms with E-state index in [-0.39, 0.29) is 5.84 Å². The topological polar surface area (TPSA) is 88.5 Å². The predicted molar refractivity (Wildman–Crippen MR) is 68.7 cm³/mol. The van der Waals surface area contributed by atoms with E-state index < -0.39 is 0 Å². The van der Waals surface area contributed by atoms with E-state index in [9.17, 15) is 0 Å². The predicted octanol–water partition coefficient (Wildman–Crippen LogP) is 1.93. The minimum absolute atomic E-state index is 0.0340. The lowest BCUT2D eigenvalue weighted by Gasteiger charge is -2.03. The zero-order valence-electron chi connectivity index (χ0n) is 9.17. The van der Waals surface area contributed by atoms with Crippen molar-refractivity contribution in [2.75, 3.05) is 0 Å². The Morgan fingerprint density at radius 1 is 1.59 bits per heavy atom. The van der Waals surface area contributed by atoms with Crippen LogP contribution in [0.5, 0.6) is 0 Å². The molecule has 17 heavy (non-hydrogen) atoms. The molecule has 0 saturated carbocycles. The van der Waals surface area contributed by atoms with E-state index in [4.69, 9.17) is 11.1 Å². The van der Waals surface area contributed by atoms with Crippen molar-refractivity contribution >= 4 is 29.1 Å². The van der Waals surface area contributed by atoms with Crippen molar-refractivity contribution in [3.05, 3.63) is 29.8 Å². The zero-order valence-corrected chi connectivity index (χ0v) is 10.8. The third-order valence-corrected chi connectivity index (χ3v) is 3.83. The number of nitrogen functional groups attached to an aromatic ring is 1. The summed E-state index contributed by atoms with van der Waals surface area (Å²) in [6.07, 6.45) is 2.45. The van der Waals surface area contributed by atoms with Crippen molar-refractivity contribution in [2.45, 2.75) is 22.6 Å². The summed E-state index contributed by atoms with van der Waals surface area (Å²) in [4.78, 5) is 9.28. The van der Waals surface area contributed by atoms with Gasteiger partial charge >= 0.3 is 0 Å². The van der Waals surface area contributed by atoms with Crippen LogP contribution in [0.4, 0.5) is 0 Å². The van der Waals surface area contributed by atoms with Crippen LogP contribution in [0.25, 0.3) is 0 Å². The quantitative estimate of drug-likeness (QED) is 0.651. The molecular formula is C10H11N5S2. The van der Waals surface area contributed by atoms with Gasteiger partial charge in [0.1, 0.15) is 17.4 Å². The van der Waals surface area contributed by atoms with Gasteiger partial charge in [0, 0.05) is 17.5 Å². The fraction of sp³-hybridized carbons (Fsp3) is 0.200. The Bertz CT molecular complexity index is 537. The standard InChI is InChI=1S/C10H11N5S2/c1-2-7-14-10(17-15-7)16-6-4-3-5-13-8(6)9(11)12/h3-5H,2H2,1H3,(H3,11,12). The number of nitrogens with two attached hydrogens (primary N) is 1. The van der Waals surface area contributed by atoms with Gasteiger partial charge in [-0.2, -0.15) is 4.37 Å². The Kier molecular flexibility index (Phi) is 3.70. The van der Waals surface area contributed by atoms with Gasteiger partial charge in [0.2, 0.25) is 0 Å². The molecule has 0 aromatic carbocycles. The minimum atomic E-state index is -0.0340. The molecule has 0 radical (unpaired) electrons. The lowest BCUT2D eigenvalue weighted by atomic mass is 10.3. The van der Waals surface area contributed by atoms with E-state index in [0.717, 1.165) is 21.5 Å². The van der Waals surface area contributed by atoms with E-state index in [1.54, 1.807) is 6.20 Å². The summed E-state index contributed by atoms with van der Waals surface area (Å²) in [5, 5.41) is 7.45. The second-order valence-corrected chi connectivity index (χ2v) is 5.24. The molecule has 88 valence electrons. The molecule has 0 fully saturated rings. The van der Waals surface area contributed by atoms with Gasteiger partial charge in [-0.3, -0.25) is 10.4 Å². The molecule has 7 heteroatoms. The number of amidine groups is 1. The molecule has 0 amide bonds. The molecule has 0 spiro atoms. The molecule has 2 aromatic rings. The van der Waals surface area contributed by atoms with Crippen molar-refractivity contribution in [2.24, 2.45) is 5.73 Å². The molecule has 5 nitrogen and oxygen atoms in total. The average Bonchev–Trinajstić information content (AvgIpc) is 2.77. The smallest absolute Gasteiger partial charge is 0.174 e. The van der Waals surface area contributed by atoms with Gasteiger partial charge in [-0.25, -0.2) is 4.98 Å². The van der Waals surface area contributed by atoms with Crippen molar-refractivity contribution in [1.82, 2.24) is 14.3 Å². The fourth-order valence-corrected chi connectivity index (χ4v) is 2.97. The van der Waals surface area contributed by atoms with E-state index >= 15 is 0 Å². The molecule has 0 bridgehead atoms. The summed E-state index contributed by atoms with van der Waals surface area (Å²) < 4.78 is 5.05. The summed E-state index contributed by atoms with van der Waals surface area (Å²) in [5.41, 5.74) is 5.97.